The topological polar surface area (TPSA) is 66.8 Å². The maximum Gasteiger partial charge on any atom is 0.235 e. The van der Waals surface area contributed by atoms with Crippen molar-refractivity contribution in [3.63, 3.8) is 0 Å². The Hall–Kier alpha value is -1.49. The Bertz CT molecular complexity index is 580. The molecule has 0 amide bonds. The van der Waals surface area contributed by atoms with E-state index in [9.17, 15) is 13.2 Å². The quantitative estimate of drug-likeness (QED) is 0.608. The Labute approximate surface area is 119 Å². The molecule has 1 fully saturated rings. The molecule has 0 radical (unpaired) electrons. The molecule has 2 rings (SSSR count). The van der Waals surface area contributed by atoms with Crippen LogP contribution in [0.15, 0.2) is 35.3 Å². The van der Waals surface area contributed by atoms with Gasteiger partial charge in [0.2, 0.25) is 16.1 Å². The molecular weight excluding hydrogens is 276 g/mol. The summed E-state index contributed by atoms with van der Waals surface area (Å²) in [6, 6.07) is 9.31. The van der Waals surface area contributed by atoms with Crippen molar-refractivity contribution in [1.29, 1.82) is 0 Å². The van der Waals surface area contributed by atoms with Crippen LogP contribution in [-0.4, -0.2) is 43.7 Å². The number of hydrogen-bond donors (Lipinski definition) is 0. The standard InChI is InChI=1S/C14H18N2O3S/c17-12-15-14-7-4-9-16(11-14)20(18,19)10-8-13-5-2-1-3-6-13/h1-3,5-6,14H,4,7-11H2. The lowest BCUT2D eigenvalue weighted by molar-refractivity contribution is 0.316. The lowest BCUT2D eigenvalue weighted by Gasteiger charge is -2.29. The Kier molecular flexibility index (Phi) is 5.06. The Balaban J connectivity index is 1.97. The number of benzene rings is 1. The van der Waals surface area contributed by atoms with Crippen LogP contribution in [0.4, 0.5) is 0 Å². The molecule has 0 saturated carbocycles. The molecule has 1 aliphatic heterocycles. The number of aryl methyl sites for hydroxylation is 1. The molecule has 0 bridgehead atoms. The SMILES string of the molecule is O=C=NC1CCCN(S(=O)(=O)CCc2ccccc2)C1. The molecule has 1 saturated heterocycles. The largest absolute Gasteiger partial charge is 0.235 e. The highest BCUT2D eigenvalue weighted by Crippen LogP contribution is 2.17. The number of rotatable bonds is 5. The minimum absolute atomic E-state index is 0.0918. The second-order valence-corrected chi connectivity index (χ2v) is 7.01. The molecular formula is C14H18N2O3S. The van der Waals surface area contributed by atoms with E-state index in [1.165, 1.54) is 10.4 Å². The first kappa shape index (κ1) is 14.9. The summed E-state index contributed by atoms with van der Waals surface area (Å²) in [5.41, 5.74) is 1.01. The van der Waals surface area contributed by atoms with E-state index in [4.69, 9.17) is 0 Å². The van der Waals surface area contributed by atoms with Crippen molar-refractivity contribution in [3.8, 4) is 0 Å². The third-order valence-electron chi connectivity index (χ3n) is 3.48. The number of sulfonamides is 1. The van der Waals surface area contributed by atoms with Crippen molar-refractivity contribution in [1.82, 2.24) is 4.31 Å². The van der Waals surface area contributed by atoms with Crippen LogP contribution in [0, 0.1) is 0 Å². The molecule has 5 nitrogen and oxygen atoms in total. The molecule has 1 unspecified atom stereocenters. The van der Waals surface area contributed by atoms with Crippen LogP contribution >= 0.6 is 0 Å². The highest BCUT2D eigenvalue weighted by Gasteiger charge is 2.28. The molecule has 1 heterocycles. The van der Waals surface area contributed by atoms with E-state index in [0.29, 0.717) is 19.5 Å². The summed E-state index contributed by atoms with van der Waals surface area (Å²) >= 11 is 0. The molecule has 0 spiro atoms. The average Bonchev–Trinajstić information content (AvgIpc) is 2.47. The number of carbonyl (C=O) groups excluding carboxylic acids is 1. The van der Waals surface area contributed by atoms with Gasteiger partial charge in [0.1, 0.15) is 0 Å². The van der Waals surface area contributed by atoms with Gasteiger partial charge in [0.15, 0.2) is 0 Å². The average molecular weight is 294 g/mol. The maximum absolute atomic E-state index is 12.3. The predicted octanol–water partition coefficient (Wildman–Crippen LogP) is 1.36. The summed E-state index contributed by atoms with van der Waals surface area (Å²) in [6.45, 7) is 0.814. The summed E-state index contributed by atoms with van der Waals surface area (Å²) < 4.78 is 26.0. The number of isocyanates is 1. The summed E-state index contributed by atoms with van der Waals surface area (Å²) in [5.74, 6) is 0.0918. The van der Waals surface area contributed by atoms with Gasteiger partial charge in [0.25, 0.3) is 0 Å². The Morgan fingerprint density at radius 2 is 2.05 bits per heavy atom. The van der Waals surface area contributed by atoms with E-state index in [1.54, 1.807) is 0 Å². The third kappa shape index (κ3) is 4.00. The van der Waals surface area contributed by atoms with Crippen LogP contribution in [-0.2, 0) is 21.2 Å². The zero-order valence-corrected chi connectivity index (χ0v) is 12.1. The fourth-order valence-electron chi connectivity index (χ4n) is 2.37. The van der Waals surface area contributed by atoms with Gasteiger partial charge in [0.05, 0.1) is 11.8 Å². The zero-order chi connectivity index (χ0) is 14.4. The van der Waals surface area contributed by atoms with E-state index in [0.717, 1.165) is 18.4 Å². The van der Waals surface area contributed by atoms with E-state index < -0.39 is 10.0 Å². The fourth-order valence-corrected chi connectivity index (χ4v) is 3.93. The fraction of sp³-hybridized carbons (Fsp3) is 0.500. The second kappa shape index (κ2) is 6.79. The second-order valence-electron chi connectivity index (χ2n) is 4.93. The number of aliphatic imine (C=N–C) groups is 1. The lowest BCUT2D eigenvalue weighted by Crippen LogP contribution is -2.42. The number of nitrogens with zero attached hydrogens (tertiary/aromatic N) is 2. The molecule has 0 aliphatic carbocycles. The van der Waals surface area contributed by atoms with Gasteiger partial charge in [-0.2, -0.15) is 4.31 Å². The van der Waals surface area contributed by atoms with Crippen LogP contribution in [0.1, 0.15) is 18.4 Å². The van der Waals surface area contributed by atoms with Crippen molar-refractivity contribution < 1.29 is 13.2 Å². The third-order valence-corrected chi connectivity index (χ3v) is 5.32. The monoisotopic (exact) mass is 294 g/mol. The molecule has 0 N–H and O–H groups in total. The molecule has 0 aromatic heterocycles. The Morgan fingerprint density at radius 1 is 1.30 bits per heavy atom. The summed E-state index contributed by atoms with van der Waals surface area (Å²) in [7, 11) is -3.29. The molecule has 1 aromatic carbocycles. The van der Waals surface area contributed by atoms with Crippen LogP contribution < -0.4 is 0 Å². The lowest BCUT2D eigenvalue weighted by atomic mass is 10.1. The van der Waals surface area contributed by atoms with Crippen molar-refractivity contribution in [2.75, 3.05) is 18.8 Å². The van der Waals surface area contributed by atoms with Gasteiger partial charge in [0, 0.05) is 13.1 Å². The van der Waals surface area contributed by atoms with Gasteiger partial charge in [-0.25, -0.2) is 18.2 Å². The minimum atomic E-state index is -3.29. The van der Waals surface area contributed by atoms with Crippen LogP contribution in [0.3, 0.4) is 0 Å². The first-order valence-corrected chi connectivity index (χ1v) is 8.31. The van der Waals surface area contributed by atoms with Gasteiger partial charge >= 0.3 is 0 Å². The zero-order valence-electron chi connectivity index (χ0n) is 11.2. The van der Waals surface area contributed by atoms with Crippen molar-refractivity contribution >= 4 is 16.1 Å². The summed E-state index contributed by atoms with van der Waals surface area (Å²) in [5, 5.41) is 0. The van der Waals surface area contributed by atoms with Gasteiger partial charge in [-0.05, 0) is 24.8 Å². The van der Waals surface area contributed by atoms with E-state index in [2.05, 4.69) is 4.99 Å². The highest BCUT2D eigenvalue weighted by molar-refractivity contribution is 7.89. The molecule has 1 aromatic rings. The first-order chi connectivity index (χ1) is 9.62. The van der Waals surface area contributed by atoms with E-state index in [-0.39, 0.29) is 11.8 Å². The molecule has 20 heavy (non-hydrogen) atoms. The number of piperidine rings is 1. The van der Waals surface area contributed by atoms with Gasteiger partial charge in [-0.1, -0.05) is 30.3 Å². The van der Waals surface area contributed by atoms with Crippen LogP contribution in [0.2, 0.25) is 0 Å². The van der Waals surface area contributed by atoms with E-state index in [1.807, 2.05) is 30.3 Å². The van der Waals surface area contributed by atoms with E-state index >= 15 is 0 Å². The van der Waals surface area contributed by atoms with Crippen molar-refractivity contribution in [2.45, 2.75) is 25.3 Å². The molecule has 1 atom stereocenters. The summed E-state index contributed by atoms with van der Waals surface area (Å²) in [6.07, 6.45) is 3.51. The van der Waals surface area contributed by atoms with Crippen LogP contribution in [0.5, 0.6) is 0 Å². The van der Waals surface area contributed by atoms with Gasteiger partial charge in [-0.15, -0.1) is 0 Å². The number of hydrogen-bond acceptors (Lipinski definition) is 4. The molecule has 1 aliphatic rings. The first-order valence-electron chi connectivity index (χ1n) is 6.70. The summed E-state index contributed by atoms with van der Waals surface area (Å²) in [4.78, 5) is 13.9. The highest BCUT2D eigenvalue weighted by atomic mass is 32.2. The van der Waals surface area contributed by atoms with Crippen LogP contribution in [0.25, 0.3) is 0 Å². The molecule has 6 heteroatoms. The smallest absolute Gasteiger partial charge is 0.212 e. The normalized spacial score (nSPS) is 20.3. The Morgan fingerprint density at radius 3 is 2.75 bits per heavy atom. The predicted molar refractivity (Wildman–Crippen MR) is 76.6 cm³/mol. The van der Waals surface area contributed by atoms with Gasteiger partial charge in [-0.3, -0.25) is 0 Å². The van der Waals surface area contributed by atoms with Crippen molar-refractivity contribution in [3.05, 3.63) is 35.9 Å². The van der Waals surface area contributed by atoms with Crippen molar-refractivity contribution in [2.24, 2.45) is 4.99 Å². The molecule has 108 valence electrons. The van der Waals surface area contributed by atoms with Gasteiger partial charge < -0.3 is 0 Å². The minimum Gasteiger partial charge on any atom is -0.212 e. The maximum atomic E-state index is 12.3.